The molecule has 7 heteroatoms. The van der Waals surface area contributed by atoms with E-state index in [1.807, 2.05) is 24.3 Å². The van der Waals surface area contributed by atoms with Crippen LogP contribution in [0.1, 0.15) is 18.4 Å². The summed E-state index contributed by atoms with van der Waals surface area (Å²) < 4.78 is 0. The lowest BCUT2D eigenvalue weighted by atomic mass is 10.0. The van der Waals surface area contributed by atoms with Crippen molar-refractivity contribution in [2.75, 3.05) is 0 Å². The number of aromatic amines is 1. The number of aliphatic carboxylic acids is 1. The lowest BCUT2D eigenvalue weighted by molar-refractivity contribution is -0.308. The number of H-pyrrole nitrogens is 1. The van der Waals surface area contributed by atoms with Gasteiger partial charge in [0.05, 0.1) is 12.0 Å². The first kappa shape index (κ1) is 15.1. The van der Waals surface area contributed by atoms with E-state index < -0.39 is 24.0 Å². The van der Waals surface area contributed by atoms with Crippen LogP contribution >= 0.6 is 0 Å². The summed E-state index contributed by atoms with van der Waals surface area (Å²) in [4.78, 5) is 37.6. The molecule has 0 spiro atoms. The average Bonchev–Trinajstić information content (AvgIpc) is 3.13. The summed E-state index contributed by atoms with van der Waals surface area (Å²) in [5.41, 5.74) is 1.68. The van der Waals surface area contributed by atoms with Crippen LogP contribution in [0.15, 0.2) is 30.5 Å². The average molecular weight is 314 g/mol. The summed E-state index contributed by atoms with van der Waals surface area (Å²) in [6, 6.07) is 5.68. The summed E-state index contributed by atoms with van der Waals surface area (Å²) in [6.45, 7) is 0. The molecule has 2 amide bonds. The van der Waals surface area contributed by atoms with Crippen LogP contribution in [0.2, 0.25) is 0 Å². The van der Waals surface area contributed by atoms with Crippen LogP contribution in [0.25, 0.3) is 10.9 Å². The maximum Gasteiger partial charge on any atom is 0.243 e. The molecule has 3 N–H and O–H groups in total. The molecule has 23 heavy (non-hydrogen) atoms. The fourth-order valence-corrected chi connectivity index (χ4v) is 2.80. The Morgan fingerprint density at radius 2 is 2.13 bits per heavy atom. The molecule has 2 heterocycles. The number of aromatic nitrogens is 1. The molecule has 1 aliphatic heterocycles. The molecule has 0 saturated carbocycles. The van der Waals surface area contributed by atoms with Gasteiger partial charge in [0.25, 0.3) is 0 Å². The Morgan fingerprint density at radius 1 is 1.35 bits per heavy atom. The summed E-state index contributed by atoms with van der Waals surface area (Å²) >= 11 is 0. The number of carbonyl (C=O) groups is 3. The lowest BCUT2D eigenvalue weighted by Gasteiger charge is -2.21. The number of nitrogens with one attached hydrogen (secondary N) is 3. The first-order chi connectivity index (χ1) is 11.0. The van der Waals surface area contributed by atoms with Gasteiger partial charge in [-0.25, -0.2) is 0 Å². The van der Waals surface area contributed by atoms with E-state index in [0.29, 0.717) is 6.42 Å². The second-order valence-corrected chi connectivity index (χ2v) is 5.60. The van der Waals surface area contributed by atoms with E-state index in [9.17, 15) is 19.5 Å². The summed E-state index contributed by atoms with van der Waals surface area (Å²) in [5, 5.41) is 17.2. The molecule has 1 aromatic heterocycles. The SMILES string of the molecule is O=C1CC[C@@H](C(=O)N[C@@H](Cc2c[nH]c3ccccc23)C(=O)[O-])N1. The van der Waals surface area contributed by atoms with Crippen LogP contribution in [-0.4, -0.2) is 34.9 Å². The van der Waals surface area contributed by atoms with E-state index >= 15 is 0 Å². The zero-order chi connectivity index (χ0) is 16.4. The monoisotopic (exact) mass is 314 g/mol. The predicted octanol–water partition coefficient (Wildman–Crippen LogP) is -0.776. The molecule has 1 aliphatic rings. The van der Waals surface area contributed by atoms with Crippen LogP contribution in [0, 0.1) is 0 Å². The molecule has 120 valence electrons. The smallest absolute Gasteiger partial charge is 0.243 e. The van der Waals surface area contributed by atoms with E-state index in [1.54, 1.807) is 6.20 Å². The summed E-state index contributed by atoms with van der Waals surface area (Å²) in [7, 11) is 0. The van der Waals surface area contributed by atoms with Crippen LogP contribution in [-0.2, 0) is 20.8 Å². The highest BCUT2D eigenvalue weighted by molar-refractivity contribution is 5.93. The van der Waals surface area contributed by atoms with Gasteiger partial charge >= 0.3 is 0 Å². The number of carboxylic acid groups (broad SMARTS) is 1. The predicted molar refractivity (Wildman–Crippen MR) is 80.1 cm³/mol. The van der Waals surface area contributed by atoms with Crippen molar-refractivity contribution >= 4 is 28.7 Å². The van der Waals surface area contributed by atoms with Crippen molar-refractivity contribution in [2.24, 2.45) is 0 Å². The van der Waals surface area contributed by atoms with Gasteiger partial charge in [-0.05, 0) is 18.1 Å². The first-order valence-corrected chi connectivity index (χ1v) is 7.40. The Hall–Kier alpha value is -2.83. The molecule has 0 bridgehead atoms. The number of fused-ring (bicyclic) bond motifs is 1. The number of amides is 2. The van der Waals surface area contributed by atoms with Crippen LogP contribution in [0.4, 0.5) is 0 Å². The fourth-order valence-electron chi connectivity index (χ4n) is 2.80. The number of para-hydroxylation sites is 1. The highest BCUT2D eigenvalue weighted by atomic mass is 16.4. The Bertz CT molecular complexity index is 768. The van der Waals surface area contributed by atoms with Crippen molar-refractivity contribution in [3.05, 3.63) is 36.0 Å². The van der Waals surface area contributed by atoms with E-state index in [-0.39, 0.29) is 18.7 Å². The molecule has 0 radical (unpaired) electrons. The summed E-state index contributed by atoms with van der Waals surface area (Å²) in [6.07, 6.45) is 2.48. The highest BCUT2D eigenvalue weighted by Crippen LogP contribution is 2.19. The number of carboxylic acids is 1. The van der Waals surface area contributed by atoms with Gasteiger partial charge < -0.3 is 25.5 Å². The lowest BCUT2D eigenvalue weighted by Crippen LogP contribution is -2.53. The first-order valence-electron chi connectivity index (χ1n) is 7.40. The molecule has 1 aromatic carbocycles. The van der Waals surface area contributed by atoms with Gasteiger partial charge in [0, 0.05) is 29.9 Å². The van der Waals surface area contributed by atoms with Crippen molar-refractivity contribution in [1.82, 2.24) is 15.6 Å². The topological polar surface area (TPSA) is 114 Å². The van der Waals surface area contributed by atoms with Gasteiger partial charge in [-0.3, -0.25) is 9.59 Å². The van der Waals surface area contributed by atoms with E-state index in [4.69, 9.17) is 0 Å². The summed E-state index contributed by atoms with van der Waals surface area (Å²) in [5.74, 6) is -2.05. The maximum atomic E-state index is 12.1. The fraction of sp³-hybridized carbons (Fsp3) is 0.312. The number of hydrogen-bond acceptors (Lipinski definition) is 4. The zero-order valence-corrected chi connectivity index (χ0v) is 12.3. The third-order valence-electron chi connectivity index (χ3n) is 4.01. The Balaban J connectivity index is 1.73. The highest BCUT2D eigenvalue weighted by Gasteiger charge is 2.29. The quantitative estimate of drug-likeness (QED) is 0.672. The van der Waals surface area contributed by atoms with Crippen molar-refractivity contribution in [3.8, 4) is 0 Å². The van der Waals surface area contributed by atoms with Gasteiger partial charge in [-0.2, -0.15) is 0 Å². The van der Waals surface area contributed by atoms with Gasteiger partial charge in [0.1, 0.15) is 6.04 Å². The van der Waals surface area contributed by atoms with Gasteiger partial charge in [0.2, 0.25) is 11.8 Å². The molecule has 7 nitrogen and oxygen atoms in total. The Morgan fingerprint density at radius 3 is 2.83 bits per heavy atom. The van der Waals surface area contributed by atoms with Crippen LogP contribution in [0.5, 0.6) is 0 Å². The standard InChI is InChI=1S/C16H17N3O4/c20-14-6-5-12(18-14)15(21)19-13(16(22)23)7-9-8-17-11-4-2-1-3-10(9)11/h1-4,8,12-13,17H,5-7H2,(H,18,20)(H,19,21)(H,22,23)/p-1/t12-,13-/m0/s1. The van der Waals surface area contributed by atoms with Gasteiger partial charge in [-0.1, -0.05) is 18.2 Å². The minimum Gasteiger partial charge on any atom is -0.548 e. The maximum absolute atomic E-state index is 12.1. The van der Waals surface area contributed by atoms with Crippen LogP contribution in [0.3, 0.4) is 0 Å². The molecule has 1 saturated heterocycles. The third-order valence-corrected chi connectivity index (χ3v) is 4.01. The Labute approximate surface area is 132 Å². The molecule has 2 aromatic rings. The molecule has 0 unspecified atom stereocenters. The molecular weight excluding hydrogens is 298 g/mol. The van der Waals surface area contributed by atoms with Gasteiger partial charge in [-0.15, -0.1) is 0 Å². The minimum absolute atomic E-state index is 0.110. The number of rotatable bonds is 5. The zero-order valence-electron chi connectivity index (χ0n) is 12.3. The van der Waals surface area contributed by atoms with Gasteiger partial charge in [0.15, 0.2) is 0 Å². The second-order valence-electron chi connectivity index (χ2n) is 5.60. The Kier molecular flexibility index (Phi) is 4.01. The molecule has 0 aliphatic carbocycles. The minimum atomic E-state index is -1.35. The number of carbonyl (C=O) groups excluding carboxylic acids is 3. The number of hydrogen-bond donors (Lipinski definition) is 3. The van der Waals surface area contributed by atoms with Crippen molar-refractivity contribution < 1.29 is 19.5 Å². The largest absolute Gasteiger partial charge is 0.548 e. The van der Waals surface area contributed by atoms with E-state index in [0.717, 1.165) is 16.5 Å². The number of benzene rings is 1. The molecular formula is C16H16N3O4-. The molecule has 3 rings (SSSR count). The van der Waals surface area contributed by atoms with Crippen molar-refractivity contribution in [3.63, 3.8) is 0 Å². The van der Waals surface area contributed by atoms with E-state index in [1.165, 1.54) is 0 Å². The third kappa shape index (κ3) is 3.18. The van der Waals surface area contributed by atoms with Crippen molar-refractivity contribution in [1.29, 1.82) is 0 Å². The van der Waals surface area contributed by atoms with E-state index in [2.05, 4.69) is 15.6 Å². The second kappa shape index (κ2) is 6.12. The molecule has 2 atom stereocenters. The normalized spacial score (nSPS) is 18.6. The van der Waals surface area contributed by atoms with Crippen molar-refractivity contribution in [2.45, 2.75) is 31.3 Å². The van der Waals surface area contributed by atoms with Crippen LogP contribution < -0.4 is 15.7 Å². The molecule has 1 fully saturated rings.